The van der Waals surface area contributed by atoms with Crippen molar-refractivity contribution < 1.29 is 9.84 Å². The van der Waals surface area contributed by atoms with Gasteiger partial charge in [-0.3, -0.25) is 0 Å². The van der Waals surface area contributed by atoms with Crippen LogP contribution >= 0.6 is 0 Å². The third-order valence-electron chi connectivity index (χ3n) is 6.86. The van der Waals surface area contributed by atoms with Crippen LogP contribution < -0.4 is 9.64 Å². The van der Waals surface area contributed by atoms with Gasteiger partial charge in [0.2, 0.25) is 0 Å². The van der Waals surface area contributed by atoms with Crippen molar-refractivity contribution >= 4 is 16.6 Å². The van der Waals surface area contributed by atoms with Crippen LogP contribution in [0.1, 0.15) is 32.1 Å². The summed E-state index contributed by atoms with van der Waals surface area (Å²) in [4.78, 5) is 2.30. The lowest BCUT2D eigenvalue weighted by Crippen LogP contribution is -2.37. The van der Waals surface area contributed by atoms with Crippen molar-refractivity contribution in [1.29, 1.82) is 0 Å². The average Bonchev–Trinajstić information content (AvgIpc) is 3.09. The molecule has 2 bridgehead atoms. The lowest BCUT2D eigenvalue weighted by atomic mass is 9.85. The molecule has 3 aromatic rings. The maximum absolute atomic E-state index is 10.6. The Morgan fingerprint density at radius 1 is 0.931 bits per heavy atom. The summed E-state index contributed by atoms with van der Waals surface area (Å²) in [5.41, 5.74) is 1.38. The molecule has 3 atom stereocenters. The van der Waals surface area contributed by atoms with Gasteiger partial charge >= 0.3 is 0 Å². The van der Waals surface area contributed by atoms with Crippen LogP contribution in [0.3, 0.4) is 0 Å². The highest BCUT2D eigenvalue weighted by molar-refractivity contribution is 5.90. The van der Waals surface area contributed by atoms with Crippen molar-refractivity contribution in [2.24, 2.45) is 11.8 Å². The minimum atomic E-state index is 0.199. The number of ether oxygens (including phenoxy) is 1. The predicted octanol–water partition coefficient (Wildman–Crippen LogP) is 5.03. The van der Waals surface area contributed by atoms with Crippen molar-refractivity contribution in [2.75, 3.05) is 19.1 Å². The molecule has 0 amide bonds. The second-order valence-corrected chi connectivity index (χ2v) is 8.64. The van der Waals surface area contributed by atoms with Crippen molar-refractivity contribution in [3.8, 4) is 22.8 Å². The molecule has 1 N–H and O–H groups in total. The highest BCUT2D eigenvalue weighted by Gasteiger charge is 2.36. The number of benzene rings is 2. The molecule has 2 aliphatic carbocycles. The van der Waals surface area contributed by atoms with Crippen LogP contribution in [-0.2, 0) is 0 Å². The number of hydrogen-bond donors (Lipinski definition) is 1. The van der Waals surface area contributed by atoms with Crippen LogP contribution in [0.4, 0.5) is 5.82 Å². The molecule has 150 valence electrons. The molecule has 1 aromatic heterocycles. The van der Waals surface area contributed by atoms with E-state index in [-0.39, 0.29) is 5.75 Å². The molecular weight excluding hydrogens is 362 g/mol. The Labute approximate surface area is 171 Å². The number of hydrogen-bond acceptors (Lipinski definition) is 5. The Morgan fingerprint density at radius 2 is 1.72 bits per heavy atom. The first-order valence-corrected chi connectivity index (χ1v) is 10.5. The predicted molar refractivity (Wildman–Crippen MR) is 115 cm³/mol. The Balaban J connectivity index is 1.40. The fourth-order valence-electron chi connectivity index (χ4n) is 5.23. The van der Waals surface area contributed by atoms with Gasteiger partial charge in [-0.2, -0.15) is 0 Å². The maximum Gasteiger partial charge on any atom is 0.151 e. The summed E-state index contributed by atoms with van der Waals surface area (Å²) in [6, 6.07) is 14.1. The zero-order valence-electron chi connectivity index (χ0n) is 17.0. The van der Waals surface area contributed by atoms with E-state index in [0.29, 0.717) is 17.3 Å². The van der Waals surface area contributed by atoms with E-state index >= 15 is 0 Å². The molecular formula is C24H27N3O2. The number of methoxy groups -OCH3 is 1. The van der Waals surface area contributed by atoms with Crippen molar-refractivity contribution in [1.82, 2.24) is 10.2 Å². The second kappa shape index (κ2) is 7.21. The number of anilines is 1. The van der Waals surface area contributed by atoms with E-state index in [0.717, 1.165) is 34.2 Å². The van der Waals surface area contributed by atoms with Crippen LogP contribution in [-0.4, -0.2) is 35.5 Å². The fraction of sp³-hybridized carbons (Fsp3) is 0.417. The van der Waals surface area contributed by atoms with Crippen LogP contribution in [0.15, 0.2) is 42.5 Å². The van der Waals surface area contributed by atoms with Gasteiger partial charge in [0.1, 0.15) is 11.5 Å². The lowest BCUT2D eigenvalue weighted by molar-refractivity contribution is 0.312. The highest BCUT2D eigenvalue weighted by atomic mass is 16.5. The zero-order chi connectivity index (χ0) is 20.0. The van der Waals surface area contributed by atoms with Gasteiger partial charge in [0, 0.05) is 18.7 Å². The second-order valence-electron chi connectivity index (χ2n) is 8.64. The summed E-state index contributed by atoms with van der Waals surface area (Å²) in [5.74, 6) is 3.66. The minimum absolute atomic E-state index is 0.199. The molecule has 2 aromatic carbocycles. The van der Waals surface area contributed by atoms with Crippen molar-refractivity contribution in [2.45, 2.75) is 38.1 Å². The Bertz CT molecular complexity index is 1020. The summed E-state index contributed by atoms with van der Waals surface area (Å²) in [6.07, 6.45) is 6.75. The smallest absolute Gasteiger partial charge is 0.151 e. The van der Waals surface area contributed by atoms with Crippen molar-refractivity contribution in [3.63, 3.8) is 0 Å². The van der Waals surface area contributed by atoms with E-state index in [1.54, 1.807) is 13.2 Å². The van der Waals surface area contributed by atoms with Crippen molar-refractivity contribution in [3.05, 3.63) is 42.5 Å². The Kier molecular flexibility index (Phi) is 4.53. The van der Waals surface area contributed by atoms with Gasteiger partial charge in [-0.25, -0.2) is 0 Å². The molecule has 0 radical (unpaired) electrons. The number of aromatic nitrogens is 2. The Hall–Kier alpha value is -2.82. The molecule has 0 saturated heterocycles. The van der Waals surface area contributed by atoms with E-state index in [2.05, 4.69) is 22.1 Å². The van der Waals surface area contributed by atoms with Gasteiger partial charge < -0.3 is 14.7 Å². The number of phenols is 1. The van der Waals surface area contributed by atoms with E-state index in [4.69, 9.17) is 4.74 Å². The average molecular weight is 389 g/mol. The normalized spacial score (nSPS) is 23.3. The lowest BCUT2D eigenvalue weighted by Gasteiger charge is -2.35. The monoisotopic (exact) mass is 389 g/mol. The number of phenolic OH excluding ortho intramolecular Hbond substituents is 1. The summed E-state index contributed by atoms with van der Waals surface area (Å²) < 4.78 is 5.27. The van der Waals surface area contributed by atoms with Gasteiger partial charge in [-0.05, 0) is 78.3 Å². The van der Waals surface area contributed by atoms with Crippen LogP contribution in [0.5, 0.6) is 11.5 Å². The number of rotatable bonds is 4. The molecule has 5 rings (SSSR count). The van der Waals surface area contributed by atoms with Crippen LogP contribution in [0.25, 0.3) is 22.0 Å². The molecule has 0 aliphatic heterocycles. The summed E-state index contributed by atoms with van der Waals surface area (Å²) in [5, 5.41) is 21.5. The standard InChI is InChI=1S/C24H27N3O2/c1-27(19-10-15-3-4-16(9-15)11-19)24-8-7-22(25-26-24)21-13-17-5-6-20(29-2)12-18(17)14-23(21)28/h5-8,12-16,19,28H,3-4,9-11H2,1-2H3/t15-,16?,19?/m0/s1. The minimum Gasteiger partial charge on any atom is -0.507 e. The molecule has 2 aliphatic rings. The topological polar surface area (TPSA) is 58.5 Å². The molecule has 2 unspecified atom stereocenters. The van der Waals surface area contributed by atoms with Gasteiger partial charge in [-0.1, -0.05) is 18.9 Å². The van der Waals surface area contributed by atoms with Gasteiger partial charge in [0.15, 0.2) is 5.82 Å². The first-order chi connectivity index (χ1) is 14.1. The van der Waals surface area contributed by atoms with Crippen LogP contribution in [0.2, 0.25) is 0 Å². The maximum atomic E-state index is 10.6. The number of aromatic hydroxyl groups is 1. The molecule has 2 fully saturated rings. The number of fused-ring (bicyclic) bond motifs is 3. The van der Waals surface area contributed by atoms with Gasteiger partial charge in [0.05, 0.1) is 12.8 Å². The van der Waals surface area contributed by atoms with E-state index < -0.39 is 0 Å². The third kappa shape index (κ3) is 3.39. The molecule has 29 heavy (non-hydrogen) atoms. The fourth-order valence-corrected chi connectivity index (χ4v) is 5.23. The third-order valence-corrected chi connectivity index (χ3v) is 6.86. The first-order valence-electron chi connectivity index (χ1n) is 10.5. The van der Waals surface area contributed by atoms with E-state index in [9.17, 15) is 5.11 Å². The molecule has 2 saturated carbocycles. The SMILES string of the molecule is COc1ccc2cc(-c3ccc(N(C)C4CC5CC[C@@H](C5)C4)nn3)c(O)cc2c1. The first kappa shape index (κ1) is 18.2. The van der Waals surface area contributed by atoms with Crippen LogP contribution in [0, 0.1) is 11.8 Å². The zero-order valence-corrected chi connectivity index (χ0v) is 17.0. The van der Waals surface area contributed by atoms with E-state index in [1.807, 2.05) is 36.4 Å². The summed E-state index contributed by atoms with van der Waals surface area (Å²) in [6.45, 7) is 0. The largest absolute Gasteiger partial charge is 0.507 e. The van der Waals surface area contributed by atoms with Gasteiger partial charge in [0.25, 0.3) is 0 Å². The highest BCUT2D eigenvalue weighted by Crippen LogP contribution is 2.44. The van der Waals surface area contributed by atoms with Gasteiger partial charge in [-0.15, -0.1) is 10.2 Å². The number of nitrogens with zero attached hydrogens (tertiary/aromatic N) is 3. The molecule has 1 heterocycles. The molecule has 0 spiro atoms. The quantitative estimate of drug-likeness (QED) is 0.678. The summed E-state index contributed by atoms with van der Waals surface area (Å²) >= 11 is 0. The van der Waals surface area contributed by atoms with E-state index in [1.165, 1.54) is 32.1 Å². The molecule has 5 nitrogen and oxygen atoms in total. The summed E-state index contributed by atoms with van der Waals surface area (Å²) in [7, 11) is 3.78. The molecule has 5 heteroatoms. The Morgan fingerprint density at radius 3 is 2.41 bits per heavy atom.